The number of aliphatic hydroxyl groups excluding tert-OH is 6. The number of rotatable bonds is 11. The van der Waals surface area contributed by atoms with E-state index in [1.165, 1.54) is 26.4 Å². The summed E-state index contributed by atoms with van der Waals surface area (Å²) in [7, 11) is 1.53. The summed E-state index contributed by atoms with van der Waals surface area (Å²) >= 11 is 0. The van der Waals surface area contributed by atoms with Crippen molar-refractivity contribution in [2.45, 2.75) is 99.4 Å². The average molecular weight is 711 g/mol. The summed E-state index contributed by atoms with van der Waals surface area (Å²) < 4.78 is 51.7. The Bertz CT molecular complexity index is 1420. The maximum Gasteiger partial charge on any atom is 0.331 e. The molecule has 3 saturated heterocycles. The van der Waals surface area contributed by atoms with E-state index < -0.39 is 122 Å². The third-order valence-corrected chi connectivity index (χ3v) is 9.73. The molecule has 1 aromatic carbocycles. The Hall–Kier alpha value is -3.20. The molecule has 0 radical (unpaired) electrons. The Morgan fingerprint density at radius 1 is 0.880 bits per heavy atom. The maximum absolute atomic E-state index is 12.9. The minimum Gasteiger partial charge on any atom is -0.497 e. The first-order chi connectivity index (χ1) is 23.9. The van der Waals surface area contributed by atoms with Crippen molar-refractivity contribution in [3.8, 4) is 5.75 Å². The lowest BCUT2D eigenvalue weighted by atomic mass is 9.85. The number of carbonyl (C=O) groups is 2. The molecule has 1 saturated carbocycles. The van der Waals surface area contributed by atoms with Crippen LogP contribution in [-0.2, 0) is 47.5 Å². The van der Waals surface area contributed by atoms with E-state index in [0.29, 0.717) is 11.3 Å². The third kappa shape index (κ3) is 6.88. The highest BCUT2D eigenvalue weighted by molar-refractivity contribution is 5.87. The summed E-state index contributed by atoms with van der Waals surface area (Å²) in [6.45, 7) is 1.50. The Morgan fingerprint density at radius 2 is 1.62 bits per heavy atom. The van der Waals surface area contributed by atoms with Crippen molar-refractivity contribution in [1.29, 1.82) is 0 Å². The van der Waals surface area contributed by atoms with Crippen molar-refractivity contribution in [3.63, 3.8) is 0 Å². The number of ether oxygens (including phenoxy) is 9. The Morgan fingerprint density at radius 3 is 2.28 bits per heavy atom. The number of methoxy groups -OCH3 is 1. The molecule has 0 amide bonds. The molecule has 1 aliphatic carbocycles. The number of hydrogen-bond acceptors (Lipinski definition) is 17. The average Bonchev–Trinajstić information content (AvgIpc) is 3.78. The third-order valence-electron chi connectivity index (χ3n) is 9.73. The monoisotopic (exact) mass is 710 g/mol. The van der Waals surface area contributed by atoms with E-state index in [2.05, 4.69) is 0 Å². The van der Waals surface area contributed by atoms with Crippen LogP contribution < -0.4 is 4.74 Å². The van der Waals surface area contributed by atoms with Gasteiger partial charge >= 0.3 is 11.9 Å². The van der Waals surface area contributed by atoms with Crippen molar-refractivity contribution in [2.75, 3.05) is 20.3 Å². The van der Waals surface area contributed by atoms with Crippen LogP contribution in [0, 0.1) is 11.8 Å². The Kier molecular flexibility index (Phi) is 10.8. The van der Waals surface area contributed by atoms with Gasteiger partial charge in [0.2, 0.25) is 6.29 Å². The van der Waals surface area contributed by atoms with Gasteiger partial charge in [0, 0.05) is 18.9 Å². The molecule has 0 bridgehead atoms. The fourth-order valence-electron chi connectivity index (χ4n) is 7.06. The van der Waals surface area contributed by atoms with Crippen LogP contribution in [0.3, 0.4) is 0 Å². The van der Waals surface area contributed by atoms with Crippen LogP contribution >= 0.6 is 0 Å². The summed E-state index contributed by atoms with van der Waals surface area (Å²) in [5, 5.41) is 62.1. The Labute approximate surface area is 286 Å². The smallest absolute Gasteiger partial charge is 0.331 e. The SMILES string of the molecule is COc1ccc(/C=C/C(=O)O[C@@H]2[C@@H](O)[C@H](C)O[C@@H](O[C@H]3[C@@H]4C=CO[C@@H](O[C@H]5O[C@@H](CO)[C@H](O)[C@@H](O)[C@@H]5O)[C@@H]4[C@@]4(CO)O[C@@H]34)[C@@H]2OC(C)=O)cc1. The number of hydrogen-bond donors (Lipinski definition) is 6. The first kappa shape index (κ1) is 36.6. The Balaban J connectivity index is 1.19. The van der Waals surface area contributed by atoms with Gasteiger partial charge in [0.15, 0.2) is 24.8 Å². The largest absolute Gasteiger partial charge is 0.497 e. The molecule has 6 rings (SSSR count). The number of carbonyl (C=O) groups excluding carboxylic acids is 2. The number of esters is 2. The summed E-state index contributed by atoms with van der Waals surface area (Å²) in [5.74, 6) is -2.34. The summed E-state index contributed by atoms with van der Waals surface area (Å²) in [6.07, 6.45) is -11.6. The van der Waals surface area contributed by atoms with Crippen LogP contribution in [0.5, 0.6) is 5.75 Å². The molecule has 5 aliphatic rings. The van der Waals surface area contributed by atoms with Gasteiger partial charge in [-0.05, 0) is 36.8 Å². The van der Waals surface area contributed by atoms with Gasteiger partial charge in [-0.1, -0.05) is 12.1 Å². The fraction of sp³-hybridized carbons (Fsp3) is 0.636. The summed E-state index contributed by atoms with van der Waals surface area (Å²) in [4.78, 5) is 25.2. The lowest BCUT2D eigenvalue weighted by Gasteiger charge is -2.44. The highest BCUT2D eigenvalue weighted by atomic mass is 16.8. The highest BCUT2D eigenvalue weighted by Crippen LogP contribution is 2.61. The molecule has 0 aromatic heterocycles. The molecular formula is C33H42O17. The van der Waals surface area contributed by atoms with Crippen molar-refractivity contribution in [3.05, 3.63) is 48.2 Å². The molecule has 50 heavy (non-hydrogen) atoms. The molecule has 4 heterocycles. The van der Waals surface area contributed by atoms with E-state index in [1.807, 2.05) is 0 Å². The normalized spacial score (nSPS) is 43.4. The molecule has 17 heteroatoms. The predicted molar refractivity (Wildman–Crippen MR) is 163 cm³/mol. The molecule has 4 aliphatic heterocycles. The van der Waals surface area contributed by atoms with Crippen molar-refractivity contribution in [1.82, 2.24) is 0 Å². The van der Waals surface area contributed by atoms with Crippen molar-refractivity contribution >= 4 is 18.0 Å². The van der Waals surface area contributed by atoms with E-state index in [9.17, 15) is 40.2 Å². The zero-order chi connectivity index (χ0) is 35.9. The van der Waals surface area contributed by atoms with Crippen molar-refractivity contribution < 1.29 is 82.9 Å². The van der Waals surface area contributed by atoms with E-state index in [-0.39, 0.29) is 0 Å². The molecule has 4 fully saturated rings. The van der Waals surface area contributed by atoms with Crippen LogP contribution in [0.4, 0.5) is 0 Å². The second-order valence-electron chi connectivity index (χ2n) is 12.8. The second-order valence-corrected chi connectivity index (χ2v) is 12.8. The zero-order valence-corrected chi connectivity index (χ0v) is 27.4. The summed E-state index contributed by atoms with van der Waals surface area (Å²) in [6, 6.07) is 6.89. The molecule has 6 N–H and O–H groups in total. The first-order valence-electron chi connectivity index (χ1n) is 16.2. The van der Waals surface area contributed by atoms with E-state index in [0.717, 1.165) is 13.0 Å². The van der Waals surface area contributed by atoms with E-state index >= 15 is 0 Å². The fourth-order valence-corrected chi connectivity index (χ4v) is 7.06. The van der Waals surface area contributed by atoms with Gasteiger partial charge in [-0.3, -0.25) is 4.79 Å². The number of aliphatic hydroxyl groups is 6. The van der Waals surface area contributed by atoms with Gasteiger partial charge in [0.25, 0.3) is 0 Å². The van der Waals surface area contributed by atoms with Gasteiger partial charge in [-0.25, -0.2) is 4.79 Å². The minimum absolute atomic E-state index is 0.501. The van der Waals surface area contributed by atoms with E-state index in [1.54, 1.807) is 30.3 Å². The molecule has 276 valence electrons. The van der Waals surface area contributed by atoms with Gasteiger partial charge in [-0.15, -0.1) is 0 Å². The highest BCUT2D eigenvalue weighted by Gasteiger charge is 2.77. The molecule has 0 spiro atoms. The lowest BCUT2D eigenvalue weighted by Crippen LogP contribution is -2.61. The molecule has 0 unspecified atom stereocenters. The van der Waals surface area contributed by atoms with E-state index in [4.69, 9.17) is 42.6 Å². The second kappa shape index (κ2) is 14.8. The molecule has 1 aromatic rings. The number of fused-ring (bicyclic) bond motifs is 3. The topological polar surface area (TPSA) is 242 Å². The standard InChI is InChI=1S/C33H42O17/c1-14-22(38)27(47-20(37)9-6-16-4-7-17(42-3)8-5-16)28(45-15(2)36)32(44-14)48-26-18-10-11-43-30(21(18)33(13-35)29(26)50-33)49-31-25(41)24(40)23(39)19(12-34)46-31/h4-11,14,18-19,21-32,34-35,38-41H,12-13H2,1-3H3/b9-6+/t14-,18+,19-,21+,22-,23-,24+,25-,26-,27+,28+,29-,30-,31+,32-,33+/m0/s1. The lowest BCUT2D eigenvalue weighted by molar-refractivity contribution is -0.347. The quantitative estimate of drug-likeness (QED) is 0.0835. The zero-order valence-electron chi connectivity index (χ0n) is 27.4. The van der Waals surface area contributed by atoms with Gasteiger partial charge < -0.3 is 73.3 Å². The van der Waals surface area contributed by atoms with Gasteiger partial charge in [0.05, 0.1) is 44.7 Å². The molecule has 17 nitrogen and oxygen atoms in total. The van der Waals surface area contributed by atoms with Crippen LogP contribution in [0.1, 0.15) is 19.4 Å². The van der Waals surface area contributed by atoms with Crippen LogP contribution in [0.25, 0.3) is 6.08 Å². The van der Waals surface area contributed by atoms with Gasteiger partial charge in [-0.2, -0.15) is 0 Å². The molecular weight excluding hydrogens is 668 g/mol. The van der Waals surface area contributed by atoms with Crippen LogP contribution in [0.2, 0.25) is 0 Å². The molecule has 16 atom stereocenters. The number of benzene rings is 1. The maximum atomic E-state index is 12.9. The first-order valence-corrected chi connectivity index (χ1v) is 16.2. The van der Waals surface area contributed by atoms with Crippen LogP contribution in [-0.4, -0.2) is 148 Å². The minimum atomic E-state index is -1.71. The van der Waals surface area contributed by atoms with Crippen LogP contribution in [0.15, 0.2) is 42.7 Å². The predicted octanol–water partition coefficient (Wildman–Crippen LogP) is -1.89. The summed E-state index contributed by atoms with van der Waals surface area (Å²) in [5.41, 5.74) is -0.583. The van der Waals surface area contributed by atoms with Crippen molar-refractivity contribution in [2.24, 2.45) is 11.8 Å². The number of epoxide rings is 1. The van der Waals surface area contributed by atoms with Gasteiger partial charge in [0.1, 0.15) is 48.0 Å².